The fourth-order valence-electron chi connectivity index (χ4n) is 2.38. The zero-order valence-electron chi connectivity index (χ0n) is 12.7. The molecule has 0 saturated carbocycles. The molecule has 4 aromatic rings. The van der Waals surface area contributed by atoms with Crippen LogP contribution in [0.4, 0.5) is 5.95 Å². The molecule has 0 aromatic carbocycles. The fraction of sp³-hybridized carbons (Fsp3) is 0.133. The number of fused-ring (bicyclic) bond motifs is 1. The first-order valence-corrected chi connectivity index (χ1v) is 7.15. The Hall–Kier alpha value is -3.49. The topological polar surface area (TPSA) is 118 Å². The summed E-state index contributed by atoms with van der Waals surface area (Å²) in [5.41, 5.74) is 8.13. The lowest BCUT2D eigenvalue weighted by Gasteiger charge is -2.04. The molecule has 0 atom stereocenters. The Morgan fingerprint density at radius 2 is 2.08 bits per heavy atom. The van der Waals surface area contributed by atoms with Gasteiger partial charge in [0.05, 0.1) is 25.6 Å². The first-order chi connectivity index (χ1) is 11.7. The summed E-state index contributed by atoms with van der Waals surface area (Å²) in [6.07, 6.45) is 1.56. The van der Waals surface area contributed by atoms with Crippen molar-refractivity contribution in [2.45, 2.75) is 6.54 Å². The zero-order chi connectivity index (χ0) is 16.5. The van der Waals surface area contributed by atoms with Crippen LogP contribution in [0.2, 0.25) is 0 Å². The van der Waals surface area contributed by atoms with E-state index in [1.165, 1.54) is 0 Å². The van der Waals surface area contributed by atoms with Crippen LogP contribution in [0.5, 0.6) is 5.88 Å². The highest BCUT2D eigenvalue weighted by Gasteiger charge is 2.17. The summed E-state index contributed by atoms with van der Waals surface area (Å²) >= 11 is 0. The monoisotopic (exact) mass is 323 g/mol. The van der Waals surface area contributed by atoms with Crippen LogP contribution in [-0.2, 0) is 6.54 Å². The van der Waals surface area contributed by atoms with E-state index in [1.54, 1.807) is 36.3 Å². The summed E-state index contributed by atoms with van der Waals surface area (Å²) in [4.78, 5) is 12.8. The van der Waals surface area contributed by atoms with Crippen molar-refractivity contribution in [1.29, 1.82) is 0 Å². The molecule has 0 aliphatic carbocycles. The molecule has 2 N–H and O–H groups in total. The molecule has 4 aromatic heterocycles. The van der Waals surface area contributed by atoms with Crippen molar-refractivity contribution in [1.82, 2.24) is 29.9 Å². The van der Waals surface area contributed by atoms with Gasteiger partial charge < -0.3 is 14.9 Å². The summed E-state index contributed by atoms with van der Waals surface area (Å²) < 4.78 is 12.1. The highest BCUT2D eigenvalue weighted by molar-refractivity contribution is 5.85. The van der Waals surface area contributed by atoms with Crippen molar-refractivity contribution in [3.63, 3.8) is 0 Å². The van der Waals surface area contributed by atoms with Gasteiger partial charge in [0.1, 0.15) is 5.69 Å². The maximum absolute atomic E-state index is 5.83. The molecular weight excluding hydrogens is 310 g/mol. The standard InChI is InChI=1S/C15H13N7O2/c1-23-11-6-2-4-9(17-11)8-22-14-13(20-21-22)12(18-15(16)19-14)10-5-3-7-24-10/h2-7H,8H2,1H3,(H2,16,18,19). The van der Waals surface area contributed by atoms with E-state index >= 15 is 0 Å². The third-order valence-corrected chi connectivity index (χ3v) is 3.44. The number of furan rings is 1. The number of nitrogen functional groups attached to an aromatic ring is 1. The lowest BCUT2D eigenvalue weighted by atomic mass is 10.3. The molecule has 4 heterocycles. The molecule has 24 heavy (non-hydrogen) atoms. The second-order valence-electron chi connectivity index (χ2n) is 5.00. The van der Waals surface area contributed by atoms with E-state index in [0.29, 0.717) is 35.0 Å². The Balaban J connectivity index is 1.80. The molecular formula is C15H13N7O2. The predicted octanol–water partition coefficient (Wildman–Crippen LogP) is 1.52. The number of nitrogens with two attached hydrogens (primary N) is 1. The van der Waals surface area contributed by atoms with E-state index in [9.17, 15) is 0 Å². The van der Waals surface area contributed by atoms with Crippen LogP contribution in [0.25, 0.3) is 22.6 Å². The van der Waals surface area contributed by atoms with Gasteiger partial charge >= 0.3 is 0 Å². The number of hydrogen-bond donors (Lipinski definition) is 1. The van der Waals surface area contributed by atoms with Gasteiger partial charge in [-0.1, -0.05) is 11.3 Å². The lowest BCUT2D eigenvalue weighted by Crippen LogP contribution is -2.06. The Bertz CT molecular complexity index is 994. The SMILES string of the molecule is COc1cccc(Cn2nnc3c(-c4ccco4)nc(N)nc32)n1. The average Bonchev–Trinajstić information content (AvgIpc) is 3.25. The molecule has 0 radical (unpaired) electrons. The number of methoxy groups -OCH3 is 1. The van der Waals surface area contributed by atoms with Crippen molar-refractivity contribution in [2.75, 3.05) is 12.8 Å². The van der Waals surface area contributed by atoms with E-state index in [-0.39, 0.29) is 5.95 Å². The van der Waals surface area contributed by atoms with E-state index in [1.807, 2.05) is 12.1 Å². The van der Waals surface area contributed by atoms with Crippen LogP contribution in [0.1, 0.15) is 5.69 Å². The first-order valence-electron chi connectivity index (χ1n) is 7.15. The third-order valence-electron chi connectivity index (χ3n) is 3.44. The van der Waals surface area contributed by atoms with Gasteiger partial charge in [0.2, 0.25) is 11.8 Å². The van der Waals surface area contributed by atoms with E-state index in [2.05, 4.69) is 25.3 Å². The van der Waals surface area contributed by atoms with E-state index < -0.39 is 0 Å². The van der Waals surface area contributed by atoms with Crippen molar-refractivity contribution in [3.05, 3.63) is 42.3 Å². The van der Waals surface area contributed by atoms with Crippen molar-refractivity contribution in [3.8, 4) is 17.3 Å². The van der Waals surface area contributed by atoms with Gasteiger partial charge in [-0.15, -0.1) is 5.10 Å². The molecule has 120 valence electrons. The van der Waals surface area contributed by atoms with Crippen LogP contribution in [-0.4, -0.2) is 37.1 Å². The molecule has 9 nitrogen and oxygen atoms in total. The van der Waals surface area contributed by atoms with Crippen LogP contribution in [0, 0.1) is 0 Å². The third kappa shape index (κ3) is 2.41. The lowest BCUT2D eigenvalue weighted by molar-refractivity contribution is 0.395. The minimum atomic E-state index is 0.121. The molecule has 9 heteroatoms. The van der Waals surface area contributed by atoms with Gasteiger partial charge in [0.25, 0.3) is 0 Å². The minimum Gasteiger partial charge on any atom is -0.481 e. The van der Waals surface area contributed by atoms with Gasteiger partial charge in [-0.25, -0.2) is 14.6 Å². The highest BCUT2D eigenvalue weighted by atomic mass is 16.5. The Morgan fingerprint density at radius 1 is 1.17 bits per heavy atom. The molecule has 0 fully saturated rings. The second-order valence-corrected chi connectivity index (χ2v) is 5.00. The summed E-state index contributed by atoms with van der Waals surface area (Å²) in [5.74, 6) is 1.21. The van der Waals surface area contributed by atoms with Crippen molar-refractivity contribution >= 4 is 17.1 Å². The molecule has 0 aliphatic rings. The quantitative estimate of drug-likeness (QED) is 0.600. The smallest absolute Gasteiger partial charge is 0.222 e. The number of aromatic nitrogens is 6. The van der Waals surface area contributed by atoms with Gasteiger partial charge in [-0.3, -0.25) is 0 Å². The molecule has 0 aliphatic heterocycles. The maximum Gasteiger partial charge on any atom is 0.222 e. The zero-order valence-corrected chi connectivity index (χ0v) is 12.7. The summed E-state index contributed by atoms with van der Waals surface area (Å²) in [7, 11) is 1.57. The fourth-order valence-corrected chi connectivity index (χ4v) is 2.38. The number of nitrogens with zero attached hydrogens (tertiary/aromatic N) is 6. The molecule has 0 bridgehead atoms. The number of rotatable bonds is 4. The number of pyridine rings is 1. The molecule has 0 unspecified atom stereocenters. The summed E-state index contributed by atoms with van der Waals surface area (Å²) in [6, 6.07) is 9.05. The normalized spacial score (nSPS) is 11.0. The van der Waals surface area contributed by atoms with Crippen LogP contribution in [0.15, 0.2) is 41.0 Å². The molecule has 4 rings (SSSR count). The van der Waals surface area contributed by atoms with Crippen LogP contribution < -0.4 is 10.5 Å². The maximum atomic E-state index is 5.83. The molecule has 0 saturated heterocycles. The van der Waals surface area contributed by atoms with Gasteiger partial charge in [-0.2, -0.15) is 4.98 Å². The number of anilines is 1. The number of ether oxygens (including phenoxy) is 1. The first kappa shape index (κ1) is 14.1. The van der Waals surface area contributed by atoms with Crippen LogP contribution in [0.3, 0.4) is 0 Å². The van der Waals surface area contributed by atoms with Crippen LogP contribution >= 0.6 is 0 Å². The number of hydrogen-bond acceptors (Lipinski definition) is 8. The Kier molecular flexibility index (Phi) is 3.30. The van der Waals surface area contributed by atoms with Gasteiger partial charge in [-0.05, 0) is 18.2 Å². The largest absolute Gasteiger partial charge is 0.481 e. The average molecular weight is 323 g/mol. The minimum absolute atomic E-state index is 0.121. The van der Waals surface area contributed by atoms with Gasteiger partial charge in [0.15, 0.2) is 16.9 Å². The molecule has 0 amide bonds. The summed E-state index contributed by atoms with van der Waals surface area (Å²) in [6.45, 7) is 0.377. The summed E-state index contributed by atoms with van der Waals surface area (Å²) in [5, 5.41) is 8.31. The Labute approximate surface area is 136 Å². The predicted molar refractivity (Wildman–Crippen MR) is 85.1 cm³/mol. The Morgan fingerprint density at radius 3 is 2.88 bits per heavy atom. The van der Waals surface area contributed by atoms with Crippen molar-refractivity contribution in [2.24, 2.45) is 0 Å². The second kappa shape index (κ2) is 5.61. The van der Waals surface area contributed by atoms with E-state index in [4.69, 9.17) is 14.9 Å². The highest BCUT2D eigenvalue weighted by Crippen LogP contribution is 2.25. The van der Waals surface area contributed by atoms with E-state index in [0.717, 1.165) is 5.69 Å². The van der Waals surface area contributed by atoms with Crippen molar-refractivity contribution < 1.29 is 9.15 Å². The molecule has 0 spiro atoms. The van der Waals surface area contributed by atoms with Gasteiger partial charge in [0, 0.05) is 6.07 Å².